The van der Waals surface area contributed by atoms with Gasteiger partial charge in [-0.05, 0) is 50.9 Å². The maximum atomic E-state index is 5.96. The molecule has 0 radical (unpaired) electrons. The number of rotatable bonds is 9. The largest absolute Gasteiger partial charge is 0.477 e. The highest BCUT2D eigenvalue weighted by molar-refractivity contribution is 5.56. The van der Waals surface area contributed by atoms with Gasteiger partial charge in [-0.15, -0.1) is 6.58 Å². The standard InChI is InChI=1S/C21H27N5O/c1-4-6-11-27-21-13-18(12-17-9-10-23-26(17)21)25-20(16-7-8-16)14-19(24-25)15(3)22-5-2/h4,9-10,12-16,22H,1,5-8,11H2,2-3H3. The average Bonchev–Trinajstić information content (AvgIpc) is 3.23. The molecule has 3 heterocycles. The molecule has 0 amide bonds. The molecule has 1 atom stereocenters. The van der Waals surface area contributed by atoms with Crippen molar-refractivity contribution in [1.82, 2.24) is 24.7 Å². The summed E-state index contributed by atoms with van der Waals surface area (Å²) in [7, 11) is 0. The molecule has 1 aliphatic carbocycles. The lowest BCUT2D eigenvalue weighted by atomic mass is 10.2. The Morgan fingerprint density at radius 2 is 2.22 bits per heavy atom. The van der Waals surface area contributed by atoms with E-state index in [0.717, 1.165) is 35.7 Å². The molecule has 1 aliphatic rings. The van der Waals surface area contributed by atoms with E-state index in [1.54, 1.807) is 6.20 Å². The van der Waals surface area contributed by atoms with E-state index in [1.165, 1.54) is 18.5 Å². The summed E-state index contributed by atoms with van der Waals surface area (Å²) in [4.78, 5) is 0. The molecule has 3 aromatic rings. The summed E-state index contributed by atoms with van der Waals surface area (Å²) in [5.74, 6) is 1.33. The van der Waals surface area contributed by atoms with Crippen LogP contribution in [0.25, 0.3) is 11.2 Å². The zero-order valence-corrected chi connectivity index (χ0v) is 16.1. The second kappa shape index (κ2) is 7.56. The molecule has 0 aromatic carbocycles. The molecule has 0 saturated heterocycles. The van der Waals surface area contributed by atoms with Gasteiger partial charge in [-0.25, -0.2) is 9.20 Å². The van der Waals surface area contributed by atoms with Gasteiger partial charge in [-0.1, -0.05) is 13.0 Å². The maximum Gasteiger partial charge on any atom is 0.217 e. The number of aromatic nitrogens is 4. The van der Waals surface area contributed by atoms with Crippen LogP contribution in [-0.4, -0.2) is 32.5 Å². The van der Waals surface area contributed by atoms with Gasteiger partial charge in [0.1, 0.15) is 0 Å². The summed E-state index contributed by atoms with van der Waals surface area (Å²) < 4.78 is 9.88. The van der Waals surface area contributed by atoms with Gasteiger partial charge < -0.3 is 10.1 Å². The fourth-order valence-corrected chi connectivity index (χ4v) is 3.37. The number of hydrogen-bond donors (Lipinski definition) is 1. The van der Waals surface area contributed by atoms with Gasteiger partial charge in [0, 0.05) is 23.7 Å². The lowest BCUT2D eigenvalue weighted by Crippen LogP contribution is -2.18. The van der Waals surface area contributed by atoms with Crippen LogP contribution in [-0.2, 0) is 0 Å². The molecule has 4 rings (SSSR count). The Hall–Kier alpha value is -2.60. The van der Waals surface area contributed by atoms with Crippen LogP contribution < -0.4 is 10.1 Å². The minimum absolute atomic E-state index is 0.232. The van der Waals surface area contributed by atoms with E-state index in [0.29, 0.717) is 12.5 Å². The van der Waals surface area contributed by atoms with E-state index in [-0.39, 0.29) is 6.04 Å². The number of ether oxygens (including phenoxy) is 1. The topological polar surface area (TPSA) is 56.4 Å². The summed E-state index contributed by atoms with van der Waals surface area (Å²) in [5, 5.41) is 12.8. The molecule has 6 nitrogen and oxygen atoms in total. The highest BCUT2D eigenvalue weighted by atomic mass is 16.5. The Labute approximate surface area is 159 Å². The SMILES string of the molecule is C=CCCOc1cc(-n2nc(C(C)NCC)cc2C2CC2)cc2ccnn12. The predicted molar refractivity (Wildman–Crippen MR) is 107 cm³/mol. The molecule has 6 heteroatoms. The Morgan fingerprint density at radius 1 is 1.37 bits per heavy atom. The fraction of sp³-hybridized carbons (Fsp3) is 0.429. The molecule has 142 valence electrons. The molecule has 0 bridgehead atoms. The van der Waals surface area contributed by atoms with Gasteiger partial charge in [-0.3, -0.25) is 0 Å². The lowest BCUT2D eigenvalue weighted by Gasteiger charge is -2.12. The molecule has 1 saturated carbocycles. The first-order valence-corrected chi connectivity index (χ1v) is 9.76. The van der Waals surface area contributed by atoms with Crippen LogP contribution in [0.2, 0.25) is 0 Å². The lowest BCUT2D eigenvalue weighted by molar-refractivity contribution is 0.304. The molecule has 0 spiro atoms. The van der Waals surface area contributed by atoms with E-state index in [4.69, 9.17) is 9.84 Å². The molecule has 27 heavy (non-hydrogen) atoms. The van der Waals surface area contributed by atoms with Crippen LogP contribution in [0.1, 0.15) is 56.5 Å². The highest BCUT2D eigenvalue weighted by Crippen LogP contribution is 2.42. The zero-order chi connectivity index (χ0) is 18.8. The van der Waals surface area contributed by atoms with Crippen LogP contribution in [0.4, 0.5) is 0 Å². The van der Waals surface area contributed by atoms with Crippen LogP contribution in [0, 0.1) is 0 Å². The Balaban J connectivity index is 1.75. The third-order valence-electron chi connectivity index (χ3n) is 4.97. The first kappa shape index (κ1) is 17.8. The van der Waals surface area contributed by atoms with Crippen molar-refractivity contribution in [3.8, 4) is 11.6 Å². The maximum absolute atomic E-state index is 5.96. The van der Waals surface area contributed by atoms with Gasteiger partial charge in [0.05, 0.1) is 29.7 Å². The summed E-state index contributed by atoms with van der Waals surface area (Å²) in [5.41, 5.74) is 4.39. The molecule has 3 aromatic heterocycles. The van der Waals surface area contributed by atoms with Crippen molar-refractivity contribution in [2.75, 3.05) is 13.2 Å². The first-order chi connectivity index (χ1) is 13.2. The van der Waals surface area contributed by atoms with E-state index in [2.05, 4.69) is 47.7 Å². The minimum atomic E-state index is 0.232. The molecule has 0 aliphatic heterocycles. The second-order valence-electron chi connectivity index (χ2n) is 7.10. The Kier molecular flexibility index (Phi) is 4.99. The monoisotopic (exact) mass is 365 g/mol. The number of hydrogen-bond acceptors (Lipinski definition) is 4. The van der Waals surface area contributed by atoms with Crippen molar-refractivity contribution in [3.63, 3.8) is 0 Å². The van der Waals surface area contributed by atoms with Crippen LogP contribution >= 0.6 is 0 Å². The fourth-order valence-electron chi connectivity index (χ4n) is 3.37. The normalized spacial score (nSPS) is 15.2. The molecular formula is C21H27N5O. The third-order valence-corrected chi connectivity index (χ3v) is 4.97. The number of nitrogens with one attached hydrogen (secondary N) is 1. The quantitative estimate of drug-likeness (QED) is 0.460. The van der Waals surface area contributed by atoms with Crippen molar-refractivity contribution in [3.05, 3.63) is 54.5 Å². The van der Waals surface area contributed by atoms with Gasteiger partial charge >= 0.3 is 0 Å². The van der Waals surface area contributed by atoms with Gasteiger partial charge in [0.15, 0.2) is 0 Å². The molecule has 1 N–H and O–H groups in total. The average molecular weight is 365 g/mol. The second-order valence-corrected chi connectivity index (χ2v) is 7.10. The van der Waals surface area contributed by atoms with Gasteiger partial charge in [-0.2, -0.15) is 10.2 Å². The summed E-state index contributed by atoms with van der Waals surface area (Å²) in [6.07, 6.45) is 6.92. The minimum Gasteiger partial charge on any atom is -0.477 e. The van der Waals surface area contributed by atoms with Gasteiger partial charge in [0.25, 0.3) is 0 Å². The van der Waals surface area contributed by atoms with Crippen molar-refractivity contribution in [1.29, 1.82) is 0 Å². The van der Waals surface area contributed by atoms with E-state index >= 15 is 0 Å². The zero-order valence-electron chi connectivity index (χ0n) is 16.1. The Bertz CT molecular complexity index is 937. The van der Waals surface area contributed by atoms with Crippen molar-refractivity contribution in [2.24, 2.45) is 0 Å². The molecular weight excluding hydrogens is 338 g/mol. The summed E-state index contributed by atoms with van der Waals surface area (Å²) in [6.45, 7) is 9.55. The van der Waals surface area contributed by atoms with E-state index in [1.807, 2.05) is 22.7 Å². The third kappa shape index (κ3) is 3.62. The Morgan fingerprint density at radius 3 is 2.96 bits per heavy atom. The van der Waals surface area contributed by atoms with Crippen LogP contribution in [0.15, 0.2) is 43.1 Å². The predicted octanol–water partition coefficient (Wildman–Crippen LogP) is 4.02. The summed E-state index contributed by atoms with van der Waals surface area (Å²) in [6, 6.07) is 8.63. The van der Waals surface area contributed by atoms with Crippen molar-refractivity contribution in [2.45, 2.75) is 45.1 Å². The van der Waals surface area contributed by atoms with E-state index in [9.17, 15) is 0 Å². The first-order valence-electron chi connectivity index (χ1n) is 9.76. The van der Waals surface area contributed by atoms with E-state index < -0.39 is 0 Å². The van der Waals surface area contributed by atoms with Crippen LogP contribution in [0.5, 0.6) is 5.88 Å². The molecule has 1 fully saturated rings. The summed E-state index contributed by atoms with van der Waals surface area (Å²) >= 11 is 0. The van der Waals surface area contributed by atoms with Crippen molar-refractivity contribution < 1.29 is 4.74 Å². The molecule has 1 unspecified atom stereocenters. The number of fused-ring (bicyclic) bond motifs is 1. The van der Waals surface area contributed by atoms with Crippen LogP contribution in [0.3, 0.4) is 0 Å². The number of nitrogens with zero attached hydrogens (tertiary/aromatic N) is 4. The smallest absolute Gasteiger partial charge is 0.217 e. The highest BCUT2D eigenvalue weighted by Gasteiger charge is 2.29. The van der Waals surface area contributed by atoms with Gasteiger partial charge in [0.2, 0.25) is 5.88 Å². The van der Waals surface area contributed by atoms with Crippen molar-refractivity contribution >= 4 is 5.52 Å². The number of pyridine rings is 1.